The van der Waals surface area contributed by atoms with Crippen molar-refractivity contribution in [1.29, 1.82) is 0 Å². The number of ether oxygens (including phenoxy) is 3. The van der Waals surface area contributed by atoms with Gasteiger partial charge in [-0.1, -0.05) is 44.4 Å². The summed E-state index contributed by atoms with van der Waals surface area (Å²) in [5, 5.41) is 54.0. The molecule has 0 aliphatic carbocycles. The summed E-state index contributed by atoms with van der Waals surface area (Å²) in [6, 6.07) is 0. The number of hydrogen-bond donors (Lipinski definition) is 5. The molecule has 5 N–H and O–H groups in total. The van der Waals surface area contributed by atoms with E-state index in [-0.39, 0.29) is 37.8 Å². The number of carbonyl (C=O) groups is 3. The monoisotopic (exact) mass is 741 g/mol. The van der Waals surface area contributed by atoms with Crippen LogP contribution >= 0.6 is 0 Å². The summed E-state index contributed by atoms with van der Waals surface area (Å²) in [5.74, 6) is -3.51. The predicted molar refractivity (Wildman–Crippen MR) is 203 cm³/mol. The first-order valence-electron chi connectivity index (χ1n) is 19.2. The molecular weight excluding hydrogens is 668 g/mol. The molecule has 52 heavy (non-hydrogen) atoms. The molecule has 0 heterocycles. The van der Waals surface area contributed by atoms with Gasteiger partial charge in [-0.3, -0.25) is 14.4 Å². The molecule has 0 unspecified atom stereocenters. The van der Waals surface area contributed by atoms with Crippen molar-refractivity contribution in [3.63, 3.8) is 0 Å². The van der Waals surface area contributed by atoms with Crippen LogP contribution in [-0.4, -0.2) is 92.3 Å². The molecule has 0 spiro atoms. The Morgan fingerprint density at radius 1 is 0.731 bits per heavy atom. The molecule has 0 saturated carbocycles. The van der Waals surface area contributed by atoms with Crippen LogP contribution in [0.15, 0.2) is 36.5 Å². The zero-order chi connectivity index (χ0) is 40.0. The smallest absolute Gasteiger partial charge is 0.311 e. The molecule has 0 amide bonds. The fraction of sp³-hybridized carbons (Fsp3) is 0.780. The second-order valence-corrected chi connectivity index (χ2v) is 15.0. The van der Waals surface area contributed by atoms with Crippen LogP contribution in [-0.2, 0) is 28.6 Å². The standard InChI is InChI=1S/C41H72O11/c1-11-13-14-16-33(44)25-38(47)29(7)39(22-27(5)21-36(15-12-2)50-31(9)42)52-41(49)30(8)40(48)28(6)18-20-35(46)24-37(51-32(10)43)23-34(45)19-17-26(3)4/h11,22,28-30,33-40,44-48H,1,3,12-21,23-25H2,2,4-10H3/b27-22+/t28-,29+,30+,33-,34+,35+,36-,37+,38+,39-,40+/m1/s1. The van der Waals surface area contributed by atoms with Crippen LogP contribution in [0.2, 0.25) is 0 Å². The van der Waals surface area contributed by atoms with Gasteiger partial charge >= 0.3 is 17.9 Å². The van der Waals surface area contributed by atoms with Gasteiger partial charge in [0.25, 0.3) is 0 Å². The Hall–Kier alpha value is -2.57. The second-order valence-electron chi connectivity index (χ2n) is 15.0. The number of carbonyl (C=O) groups excluding carboxylic acids is 3. The van der Waals surface area contributed by atoms with Crippen LogP contribution in [0.5, 0.6) is 0 Å². The Morgan fingerprint density at radius 3 is 1.83 bits per heavy atom. The van der Waals surface area contributed by atoms with Gasteiger partial charge in [-0.2, -0.15) is 0 Å². The lowest BCUT2D eigenvalue weighted by atomic mass is 9.88. The molecule has 0 aliphatic rings. The van der Waals surface area contributed by atoms with Crippen LogP contribution in [0.1, 0.15) is 139 Å². The zero-order valence-corrected chi connectivity index (χ0v) is 33.3. The van der Waals surface area contributed by atoms with Crippen molar-refractivity contribution in [2.24, 2.45) is 17.8 Å². The summed E-state index contributed by atoms with van der Waals surface area (Å²) >= 11 is 0. The summed E-state index contributed by atoms with van der Waals surface area (Å²) in [5.41, 5.74) is 1.74. The number of aliphatic hydroxyl groups is 5. The number of allylic oxidation sites excluding steroid dienone is 2. The van der Waals surface area contributed by atoms with E-state index in [1.807, 2.05) is 20.8 Å². The summed E-state index contributed by atoms with van der Waals surface area (Å²) in [7, 11) is 0. The van der Waals surface area contributed by atoms with Crippen molar-refractivity contribution < 1.29 is 54.1 Å². The molecule has 11 atom stereocenters. The summed E-state index contributed by atoms with van der Waals surface area (Å²) < 4.78 is 16.8. The normalized spacial score (nSPS) is 18.4. The molecule has 0 aliphatic heterocycles. The third-order valence-corrected chi connectivity index (χ3v) is 9.51. The Balaban J connectivity index is 5.70. The van der Waals surface area contributed by atoms with Crippen LogP contribution in [0, 0.1) is 17.8 Å². The third-order valence-electron chi connectivity index (χ3n) is 9.51. The molecular formula is C41H72O11. The minimum absolute atomic E-state index is 0.0917. The largest absolute Gasteiger partial charge is 0.462 e. The fourth-order valence-corrected chi connectivity index (χ4v) is 6.27. The molecule has 0 fully saturated rings. The molecule has 0 aromatic carbocycles. The van der Waals surface area contributed by atoms with E-state index in [0.29, 0.717) is 38.5 Å². The summed E-state index contributed by atoms with van der Waals surface area (Å²) in [4.78, 5) is 36.9. The second kappa shape index (κ2) is 27.1. The van der Waals surface area contributed by atoms with Crippen molar-refractivity contribution >= 4 is 17.9 Å². The maximum Gasteiger partial charge on any atom is 0.311 e. The highest BCUT2D eigenvalue weighted by atomic mass is 16.6. The molecule has 0 saturated heterocycles. The number of esters is 3. The molecule has 11 nitrogen and oxygen atoms in total. The van der Waals surface area contributed by atoms with Gasteiger partial charge in [-0.25, -0.2) is 0 Å². The molecule has 302 valence electrons. The average Bonchev–Trinajstić information content (AvgIpc) is 3.04. The predicted octanol–water partition coefficient (Wildman–Crippen LogP) is 6.27. The minimum Gasteiger partial charge on any atom is -0.462 e. The van der Waals surface area contributed by atoms with E-state index < -0.39 is 72.4 Å². The third kappa shape index (κ3) is 22.5. The van der Waals surface area contributed by atoms with Crippen molar-refractivity contribution in [3.05, 3.63) is 36.5 Å². The topological polar surface area (TPSA) is 180 Å². The van der Waals surface area contributed by atoms with Crippen LogP contribution in [0.3, 0.4) is 0 Å². The maximum absolute atomic E-state index is 13.5. The number of rotatable bonds is 29. The molecule has 0 radical (unpaired) electrons. The Morgan fingerprint density at radius 2 is 1.29 bits per heavy atom. The summed E-state index contributed by atoms with van der Waals surface area (Å²) in [6.45, 7) is 21.0. The number of aliphatic hydroxyl groups excluding tert-OH is 5. The minimum atomic E-state index is -1.11. The Labute approximate surface area is 313 Å². The average molecular weight is 741 g/mol. The molecule has 11 heteroatoms. The van der Waals surface area contributed by atoms with E-state index in [0.717, 1.165) is 30.4 Å². The highest BCUT2D eigenvalue weighted by molar-refractivity contribution is 5.73. The number of hydrogen-bond acceptors (Lipinski definition) is 11. The van der Waals surface area contributed by atoms with Gasteiger partial charge in [-0.05, 0) is 90.6 Å². The highest BCUT2D eigenvalue weighted by Gasteiger charge is 2.34. The van der Waals surface area contributed by atoms with Gasteiger partial charge in [0.2, 0.25) is 0 Å². The van der Waals surface area contributed by atoms with Crippen molar-refractivity contribution in [1.82, 2.24) is 0 Å². The van der Waals surface area contributed by atoms with E-state index in [2.05, 4.69) is 13.2 Å². The molecule has 0 bridgehead atoms. The van der Waals surface area contributed by atoms with E-state index in [1.165, 1.54) is 13.8 Å². The van der Waals surface area contributed by atoms with Crippen LogP contribution in [0.4, 0.5) is 0 Å². The molecule has 0 aromatic rings. The Bertz CT molecular complexity index is 1090. The Kier molecular flexibility index (Phi) is 25.7. The maximum atomic E-state index is 13.5. The van der Waals surface area contributed by atoms with Gasteiger partial charge in [-0.15, -0.1) is 13.2 Å². The van der Waals surface area contributed by atoms with Gasteiger partial charge < -0.3 is 39.7 Å². The first kappa shape index (κ1) is 49.4. The van der Waals surface area contributed by atoms with Gasteiger partial charge in [0, 0.05) is 39.0 Å². The van der Waals surface area contributed by atoms with E-state index in [1.54, 1.807) is 32.9 Å². The molecule has 0 rings (SSSR count). The van der Waals surface area contributed by atoms with Crippen molar-refractivity contribution in [2.45, 2.75) is 188 Å². The molecule has 0 aromatic heterocycles. The van der Waals surface area contributed by atoms with Crippen LogP contribution < -0.4 is 0 Å². The van der Waals surface area contributed by atoms with Crippen LogP contribution in [0.25, 0.3) is 0 Å². The van der Waals surface area contributed by atoms with Gasteiger partial charge in [0.15, 0.2) is 0 Å². The van der Waals surface area contributed by atoms with Gasteiger partial charge in [0.05, 0.1) is 36.4 Å². The lowest BCUT2D eigenvalue weighted by molar-refractivity contribution is -0.160. The first-order valence-corrected chi connectivity index (χ1v) is 19.2. The summed E-state index contributed by atoms with van der Waals surface area (Å²) in [6.07, 6.45) is 3.15. The van der Waals surface area contributed by atoms with E-state index in [4.69, 9.17) is 14.2 Å². The lowest BCUT2D eigenvalue weighted by Gasteiger charge is -2.30. The highest BCUT2D eigenvalue weighted by Crippen LogP contribution is 2.27. The first-order chi connectivity index (χ1) is 24.3. The van der Waals surface area contributed by atoms with E-state index >= 15 is 0 Å². The SMILES string of the molecule is C=CCCC[C@@H](O)C[C@H](O)[C@H](C)[C@@H](/C=C(\C)C[C@@H](CCC)OC(C)=O)OC(=O)[C@@H](C)[C@@H](O)[C@H](C)CC[C@H](O)C[C@H](C[C@@H](O)CCC(=C)C)OC(C)=O. The fourth-order valence-electron chi connectivity index (χ4n) is 6.27. The van der Waals surface area contributed by atoms with Gasteiger partial charge in [0.1, 0.15) is 18.3 Å². The lowest BCUT2D eigenvalue weighted by Crippen LogP contribution is -2.39. The van der Waals surface area contributed by atoms with Crippen molar-refractivity contribution in [3.8, 4) is 0 Å². The number of unbranched alkanes of at least 4 members (excludes halogenated alkanes) is 1. The zero-order valence-electron chi connectivity index (χ0n) is 33.3. The quantitative estimate of drug-likeness (QED) is 0.0252. The van der Waals surface area contributed by atoms with Crippen molar-refractivity contribution in [2.75, 3.05) is 0 Å². The van der Waals surface area contributed by atoms with E-state index in [9.17, 15) is 39.9 Å².